The van der Waals surface area contributed by atoms with Gasteiger partial charge in [-0.25, -0.2) is 23.3 Å². The second kappa shape index (κ2) is 19.2. The molecule has 7 rings (SSSR count). The zero-order chi connectivity index (χ0) is 49.1. The standard InChI is InChI=1S/C35H27Cl6N4O19P3/c36-18-8-15(24(39)23-22(18)33(49)62-35(23)16-9-19(37)27(46)25(40)29(16)61-30-17(35)10-20(38)28(47)26(30)41)32(48)43-5-7-58-6-1-2-13-11-45(34(50)44-31(13)42)21-4-3-14(60-21)12-59-66(54,55)64-67(56,57)63-65(51,52)53/h8-11,14,21,46-47H,3-7,12H2,(H,43,48)(H,54,55)(H,56,57)(H2,42,44,50)(H2,51,52,53)/t14-,21+/m0/s1. The highest BCUT2D eigenvalue weighted by atomic mass is 35.5. The van der Waals surface area contributed by atoms with E-state index in [0.717, 1.165) is 10.6 Å². The van der Waals surface area contributed by atoms with Gasteiger partial charge in [0.1, 0.15) is 28.7 Å². The van der Waals surface area contributed by atoms with Crippen molar-refractivity contribution >= 4 is 111 Å². The van der Waals surface area contributed by atoms with Gasteiger partial charge in [0, 0.05) is 18.3 Å². The number of phosphoric acid groups is 3. The fourth-order valence-electron chi connectivity index (χ4n) is 6.96. The third kappa shape index (κ3) is 10.3. The van der Waals surface area contributed by atoms with E-state index in [0.29, 0.717) is 0 Å². The highest BCUT2D eigenvalue weighted by Crippen LogP contribution is 2.67. The molecule has 1 fully saturated rings. The number of ether oxygens (including phenoxy) is 4. The van der Waals surface area contributed by atoms with Gasteiger partial charge < -0.3 is 59.8 Å². The maximum atomic E-state index is 13.7. The van der Waals surface area contributed by atoms with Crippen LogP contribution in [0.25, 0.3) is 0 Å². The van der Waals surface area contributed by atoms with Gasteiger partial charge in [0.25, 0.3) is 5.91 Å². The number of anilines is 1. The Hall–Kier alpha value is -3.69. The number of nitrogen functional groups attached to an aromatic ring is 1. The second-order valence-corrected chi connectivity index (χ2v) is 20.7. The van der Waals surface area contributed by atoms with Gasteiger partial charge >= 0.3 is 35.1 Å². The molecule has 1 aromatic heterocycles. The van der Waals surface area contributed by atoms with Crippen molar-refractivity contribution in [3.05, 3.63) is 98.4 Å². The third-order valence-corrected chi connectivity index (χ3v) is 15.4. The summed E-state index contributed by atoms with van der Waals surface area (Å²) in [5.41, 5.74) is 2.13. The number of rotatable bonds is 13. The summed E-state index contributed by atoms with van der Waals surface area (Å²) in [6.07, 6.45) is -0.506. The SMILES string of the molecule is Nc1nc(=O)n([C@H]2CC[C@@H](COP(=O)(O)OP(=O)(O)OP(=O)(O)O)O2)cc1C#CCOCCNC(=O)c1cc(Cl)c2c(c1Cl)C1(OC2=O)c2cc(Cl)c(O)c(Cl)c2Oc2c1cc(Cl)c(O)c2Cl. The Balaban J connectivity index is 1.01. The van der Waals surface area contributed by atoms with Crippen LogP contribution in [0.1, 0.15) is 62.0 Å². The minimum atomic E-state index is -5.73. The predicted molar refractivity (Wildman–Crippen MR) is 234 cm³/mol. The molecule has 23 nitrogen and oxygen atoms in total. The van der Waals surface area contributed by atoms with Crippen LogP contribution in [-0.4, -0.2) is 83.7 Å². The van der Waals surface area contributed by atoms with E-state index in [1.54, 1.807) is 0 Å². The maximum absolute atomic E-state index is 13.7. The average Bonchev–Trinajstić information content (AvgIpc) is 3.82. The Kier molecular flexibility index (Phi) is 14.7. The molecule has 0 aliphatic carbocycles. The van der Waals surface area contributed by atoms with Crippen molar-refractivity contribution < 1.29 is 85.2 Å². The van der Waals surface area contributed by atoms with E-state index in [9.17, 15) is 48.1 Å². The van der Waals surface area contributed by atoms with Crippen LogP contribution in [0.3, 0.4) is 0 Å². The Morgan fingerprint density at radius 1 is 0.910 bits per heavy atom. The Bertz CT molecular complexity index is 2990. The van der Waals surface area contributed by atoms with Gasteiger partial charge in [-0.2, -0.15) is 13.6 Å². The van der Waals surface area contributed by atoms with Crippen molar-refractivity contribution in [1.29, 1.82) is 0 Å². The molecule has 4 aromatic rings. The van der Waals surface area contributed by atoms with Crippen molar-refractivity contribution in [2.24, 2.45) is 0 Å². The number of carbonyl (C=O) groups is 2. The van der Waals surface area contributed by atoms with Crippen molar-refractivity contribution in [1.82, 2.24) is 14.9 Å². The van der Waals surface area contributed by atoms with Gasteiger partial charge in [-0.05, 0) is 31.0 Å². The number of aromatic nitrogens is 2. The van der Waals surface area contributed by atoms with Crippen LogP contribution in [0.2, 0.25) is 30.1 Å². The summed E-state index contributed by atoms with van der Waals surface area (Å²) in [5.74, 6) is 1.53. The topological polar surface area (TPSA) is 344 Å². The fraction of sp³-hybridized carbons (Fsp3) is 0.257. The first-order valence-electron chi connectivity index (χ1n) is 18.3. The van der Waals surface area contributed by atoms with Gasteiger partial charge in [-0.1, -0.05) is 81.4 Å². The number of halogens is 6. The van der Waals surface area contributed by atoms with Crippen LogP contribution in [0.4, 0.5) is 5.82 Å². The van der Waals surface area contributed by atoms with E-state index < -0.39 is 87.1 Å². The summed E-state index contributed by atoms with van der Waals surface area (Å²) < 4.78 is 70.6. The molecule has 1 saturated heterocycles. The van der Waals surface area contributed by atoms with Crippen molar-refractivity contribution in [2.75, 3.05) is 32.1 Å². The first-order chi connectivity index (χ1) is 31.2. The van der Waals surface area contributed by atoms with E-state index in [2.05, 4.69) is 35.3 Å². The third-order valence-electron chi connectivity index (χ3n) is 9.67. The first kappa shape index (κ1) is 51.2. The van der Waals surface area contributed by atoms with Gasteiger partial charge in [0.2, 0.25) is 0 Å². The molecule has 1 amide bonds. The first-order valence-corrected chi connectivity index (χ1v) is 25.1. The molecular formula is C35H27Cl6N4O19P3. The lowest BCUT2D eigenvalue weighted by Crippen LogP contribution is -2.34. The highest BCUT2D eigenvalue weighted by Gasteiger charge is 2.58. The van der Waals surface area contributed by atoms with Crippen LogP contribution < -0.4 is 21.5 Å². The molecule has 0 saturated carbocycles. The molecule has 3 aliphatic rings. The molecule has 0 bridgehead atoms. The number of nitrogens with zero attached hydrogens (tertiary/aromatic N) is 2. The number of phenolic OH excluding ortho intramolecular Hbond substituents is 2. The maximum Gasteiger partial charge on any atom is 0.490 e. The zero-order valence-electron chi connectivity index (χ0n) is 32.8. The Morgan fingerprint density at radius 2 is 1.54 bits per heavy atom. The number of carbonyl (C=O) groups excluding carboxylic acids is 2. The molecule has 1 spiro atoms. The van der Waals surface area contributed by atoms with E-state index >= 15 is 0 Å². The van der Waals surface area contributed by atoms with Gasteiger partial charge in [-0.3, -0.25) is 13.9 Å². The number of aromatic hydroxyl groups is 2. The molecule has 32 heteroatoms. The lowest BCUT2D eigenvalue weighted by Gasteiger charge is -2.38. The van der Waals surface area contributed by atoms with Crippen LogP contribution in [0.15, 0.2) is 29.2 Å². The van der Waals surface area contributed by atoms with Crippen LogP contribution >= 0.6 is 93.1 Å². The van der Waals surface area contributed by atoms with Crippen LogP contribution in [-0.2, 0) is 46.7 Å². The van der Waals surface area contributed by atoms with Crippen LogP contribution in [0, 0.1) is 11.8 Å². The van der Waals surface area contributed by atoms with E-state index in [4.69, 9.17) is 104 Å². The molecule has 0 radical (unpaired) electrons. The summed E-state index contributed by atoms with van der Waals surface area (Å²) in [6.45, 7) is -1.21. The number of nitrogens with two attached hydrogens (primary N) is 1. The average molecular weight is 1110 g/mol. The molecular weight excluding hydrogens is 1090 g/mol. The summed E-state index contributed by atoms with van der Waals surface area (Å²) in [7, 11) is -16.7. The molecule has 67 heavy (non-hydrogen) atoms. The minimum absolute atomic E-state index is 0.0673. The number of fused-ring (bicyclic) bond motifs is 6. The number of hydrogen-bond acceptors (Lipinski definition) is 17. The number of amides is 1. The lowest BCUT2D eigenvalue weighted by molar-refractivity contribution is -0.0242. The number of esters is 1. The zero-order valence-corrected chi connectivity index (χ0v) is 40.0. The summed E-state index contributed by atoms with van der Waals surface area (Å²) in [6, 6.07) is 3.52. The Labute approximate surface area is 404 Å². The minimum Gasteiger partial charge on any atom is -0.505 e. The molecule has 9 N–H and O–H groups in total. The van der Waals surface area contributed by atoms with Crippen molar-refractivity contribution in [3.8, 4) is 34.8 Å². The van der Waals surface area contributed by atoms with Gasteiger partial charge in [-0.15, -0.1) is 0 Å². The summed E-state index contributed by atoms with van der Waals surface area (Å²) in [5, 5.41) is 21.7. The molecule has 3 aliphatic heterocycles. The molecule has 4 heterocycles. The van der Waals surface area contributed by atoms with Gasteiger partial charge in [0.05, 0.1) is 67.2 Å². The lowest BCUT2D eigenvalue weighted by atomic mass is 9.77. The number of phosphoric ester groups is 1. The van der Waals surface area contributed by atoms with Crippen molar-refractivity contribution in [3.63, 3.8) is 0 Å². The smallest absolute Gasteiger partial charge is 0.490 e. The number of nitrogens with one attached hydrogen (secondary N) is 1. The summed E-state index contributed by atoms with van der Waals surface area (Å²) in [4.78, 5) is 80.1. The number of phenols is 2. The second-order valence-electron chi connectivity index (χ2n) is 14.0. The van der Waals surface area contributed by atoms with Gasteiger partial charge in [0.15, 0.2) is 28.6 Å². The largest absolute Gasteiger partial charge is 0.505 e. The normalized spacial score (nSPS) is 18.7. The molecule has 3 aromatic carbocycles. The van der Waals surface area contributed by atoms with E-state index in [-0.39, 0.29) is 103 Å². The highest BCUT2D eigenvalue weighted by molar-refractivity contribution is 7.66. The summed E-state index contributed by atoms with van der Waals surface area (Å²) >= 11 is 39.2. The fourth-order valence-corrected chi connectivity index (χ4v) is 11.6. The molecule has 2 unspecified atom stereocenters. The molecule has 4 atom stereocenters. The van der Waals surface area contributed by atoms with E-state index in [1.165, 1.54) is 18.3 Å². The number of hydrogen-bond donors (Lipinski definition) is 8. The Morgan fingerprint density at radius 3 is 2.15 bits per heavy atom. The quantitative estimate of drug-likeness (QED) is 0.0305. The number of benzene rings is 3. The molecule has 358 valence electrons. The predicted octanol–water partition coefficient (Wildman–Crippen LogP) is 6.54. The van der Waals surface area contributed by atoms with Crippen molar-refractivity contribution in [2.45, 2.75) is 30.8 Å². The van der Waals surface area contributed by atoms with Crippen LogP contribution in [0.5, 0.6) is 23.0 Å². The monoisotopic (exact) mass is 1110 g/mol. The van der Waals surface area contributed by atoms with E-state index in [1.807, 2.05) is 0 Å².